The molecule has 0 aromatic heterocycles. The Balaban J connectivity index is 1.56. The Morgan fingerprint density at radius 3 is 2.48 bits per heavy atom. The van der Waals surface area contributed by atoms with Crippen molar-refractivity contribution in [2.45, 2.75) is 18.3 Å². The molecular formula is C22H24FN3O3. The van der Waals surface area contributed by atoms with Crippen LogP contribution in [-0.4, -0.2) is 50.5 Å². The smallest absolute Gasteiger partial charge is 0.235 e. The SMILES string of the molecule is COc1ccc(N2CCN(C=O)CC2)cc1NC(=O)C1(c2ccccc2F)CC1. The summed E-state index contributed by atoms with van der Waals surface area (Å²) in [5, 5.41) is 2.97. The topological polar surface area (TPSA) is 61.9 Å². The van der Waals surface area contributed by atoms with Gasteiger partial charge in [0.15, 0.2) is 0 Å². The maximum absolute atomic E-state index is 14.3. The van der Waals surface area contributed by atoms with E-state index in [-0.39, 0.29) is 11.7 Å². The number of benzene rings is 2. The average molecular weight is 397 g/mol. The molecule has 0 atom stereocenters. The van der Waals surface area contributed by atoms with Crippen molar-refractivity contribution in [3.8, 4) is 5.75 Å². The number of carbonyl (C=O) groups excluding carboxylic acids is 2. The Morgan fingerprint density at radius 2 is 1.86 bits per heavy atom. The van der Waals surface area contributed by atoms with E-state index < -0.39 is 5.41 Å². The first-order valence-corrected chi connectivity index (χ1v) is 9.76. The van der Waals surface area contributed by atoms with E-state index in [1.807, 2.05) is 18.2 Å². The highest BCUT2D eigenvalue weighted by Gasteiger charge is 2.52. The molecule has 2 aromatic rings. The van der Waals surface area contributed by atoms with E-state index >= 15 is 0 Å². The minimum atomic E-state index is -0.818. The zero-order valence-electron chi connectivity index (χ0n) is 16.4. The van der Waals surface area contributed by atoms with E-state index in [2.05, 4.69) is 10.2 Å². The van der Waals surface area contributed by atoms with Crippen LogP contribution in [0.15, 0.2) is 42.5 Å². The third-order valence-electron chi connectivity index (χ3n) is 5.83. The van der Waals surface area contributed by atoms with Gasteiger partial charge in [0.2, 0.25) is 12.3 Å². The van der Waals surface area contributed by atoms with Gasteiger partial charge in [-0.05, 0) is 37.1 Å². The van der Waals surface area contributed by atoms with Crippen LogP contribution >= 0.6 is 0 Å². The molecule has 0 radical (unpaired) electrons. The van der Waals surface area contributed by atoms with E-state index in [4.69, 9.17) is 4.74 Å². The number of nitrogens with one attached hydrogen (secondary N) is 1. The monoisotopic (exact) mass is 397 g/mol. The molecule has 0 bridgehead atoms. The predicted octanol–water partition coefficient (Wildman–Crippen LogP) is 2.78. The van der Waals surface area contributed by atoms with Gasteiger partial charge in [-0.2, -0.15) is 0 Å². The van der Waals surface area contributed by atoms with E-state index in [1.54, 1.807) is 30.2 Å². The van der Waals surface area contributed by atoms with Crippen molar-refractivity contribution in [2.24, 2.45) is 0 Å². The van der Waals surface area contributed by atoms with Crippen LogP contribution in [0.4, 0.5) is 15.8 Å². The van der Waals surface area contributed by atoms with Crippen LogP contribution in [0, 0.1) is 5.82 Å². The first kappa shape index (κ1) is 19.2. The van der Waals surface area contributed by atoms with Gasteiger partial charge in [0.1, 0.15) is 11.6 Å². The fourth-order valence-corrected chi connectivity index (χ4v) is 3.91. The minimum absolute atomic E-state index is 0.219. The molecule has 4 rings (SSSR count). The Kier molecular flexibility index (Phi) is 5.13. The third kappa shape index (κ3) is 3.64. The zero-order valence-corrected chi connectivity index (χ0v) is 16.4. The van der Waals surface area contributed by atoms with E-state index in [0.29, 0.717) is 42.9 Å². The normalized spacial score (nSPS) is 17.6. The molecule has 2 aliphatic rings. The summed E-state index contributed by atoms with van der Waals surface area (Å²) < 4.78 is 19.7. The largest absolute Gasteiger partial charge is 0.495 e. The van der Waals surface area contributed by atoms with Crippen molar-refractivity contribution < 1.29 is 18.7 Å². The van der Waals surface area contributed by atoms with Crippen LogP contribution in [0.1, 0.15) is 18.4 Å². The summed E-state index contributed by atoms with van der Waals surface area (Å²) in [6.45, 7) is 2.76. The van der Waals surface area contributed by atoms with Crippen LogP contribution in [0.25, 0.3) is 0 Å². The number of rotatable bonds is 6. The number of carbonyl (C=O) groups is 2. The molecular weight excluding hydrogens is 373 g/mol. The van der Waals surface area contributed by atoms with Gasteiger partial charge in [-0.15, -0.1) is 0 Å². The molecule has 2 fully saturated rings. The average Bonchev–Trinajstić information content (AvgIpc) is 3.56. The first-order valence-electron chi connectivity index (χ1n) is 9.76. The van der Waals surface area contributed by atoms with Crippen molar-refractivity contribution in [1.29, 1.82) is 0 Å². The minimum Gasteiger partial charge on any atom is -0.495 e. The maximum atomic E-state index is 14.3. The van der Waals surface area contributed by atoms with Gasteiger partial charge in [-0.25, -0.2) is 4.39 Å². The summed E-state index contributed by atoms with van der Waals surface area (Å²) in [7, 11) is 1.55. The molecule has 152 valence electrons. The van der Waals surface area contributed by atoms with Gasteiger partial charge < -0.3 is 19.9 Å². The number of piperazine rings is 1. The summed E-state index contributed by atoms with van der Waals surface area (Å²) in [6, 6.07) is 12.1. The predicted molar refractivity (Wildman–Crippen MR) is 109 cm³/mol. The number of hydrogen-bond acceptors (Lipinski definition) is 4. The fourth-order valence-electron chi connectivity index (χ4n) is 3.91. The number of anilines is 2. The molecule has 2 aromatic carbocycles. The van der Waals surface area contributed by atoms with Gasteiger partial charge in [-0.1, -0.05) is 18.2 Å². The third-order valence-corrected chi connectivity index (χ3v) is 5.83. The molecule has 1 aliphatic carbocycles. The second-order valence-electron chi connectivity index (χ2n) is 7.53. The highest BCUT2D eigenvalue weighted by molar-refractivity contribution is 6.02. The van der Waals surface area contributed by atoms with Crippen LogP contribution in [-0.2, 0) is 15.0 Å². The molecule has 0 spiro atoms. The summed E-state index contributed by atoms with van der Waals surface area (Å²) in [5.41, 5.74) is 1.14. The molecule has 6 nitrogen and oxygen atoms in total. The van der Waals surface area contributed by atoms with Crippen molar-refractivity contribution in [3.63, 3.8) is 0 Å². The molecule has 1 saturated heterocycles. The molecule has 1 saturated carbocycles. The maximum Gasteiger partial charge on any atom is 0.235 e. The summed E-state index contributed by atoms with van der Waals surface area (Å²) >= 11 is 0. The van der Waals surface area contributed by atoms with E-state index in [0.717, 1.165) is 25.2 Å². The highest BCUT2D eigenvalue weighted by atomic mass is 19.1. The summed E-state index contributed by atoms with van der Waals surface area (Å²) in [4.78, 5) is 27.9. The second-order valence-corrected chi connectivity index (χ2v) is 7.53. The lowest BCUT2D eigenvalue weighted by molar-refractivity contribution is -0.119. The van der Waals surface area contributed by atoms with Gasteiger partial charge in [0.25, 0.3) is 0 Å². The van der Waals surface area contributed by atoms with Gasteiger partial charge in [0, 0.05) is 37.4 Å². The van der Waals surface area contributed by atoms with Crippen molar-refractivity contribution in [1.82, 2.24) is 4.90 Å². The van der Waals surface area contributed by atoms with E-state index in [1.165, 1.54) is 6.07 Å². The first-order chi connectivity index (χ1) is 14.1. The van der Waals surface area contributed by atoms with Gasteiger partial charge in [-0.3, -0.25) is 9.59 Å². The van der Waals surface area contributed by atoms with Gasteiger partial charge >= 0.3 is 0 Å². The van der Waals surface area contributed by atoms with Crippen molar-refractivity contribution in [2.75, 3.05) is 43.5 Å². The summed E-state index contributed by atoms with van der Waals surface area (Å²) in [5.74, 6) is -0.0179. The lowest BCUT2D eigenvalue weighted by atomic mass is 9.94. The van der Waals surface area contributed by atoms with Crippen LogP contribution in [0.2, 0.25) is 0 Å². The zero-order chi connectivity index (χ0) is 20.4. The van der Waals surface area contributed by atoms with Crippen molar-refractivity contribution >= 4 is 23.7 Å². The lowest BCUT2D eigenvalue weighted by Gasteiger charge is -2.34. The number of halogens is 1. The number of nitrogens with zero attached hydrogens (tertiary/aromatic N) is 2. The number of hydrogen-bond donors (Lipinski definition) is 1. The van der Waals surface area contributed by atoms with Gasteiger partial charge in [0.05, 0.1) is 18.2 Å². The molecule has 7 heteroatoms. The number of methoxy groups -OCH3 is 1. The molecule has 0 unspecified atom stereocenters. The fraction of sp³-hybridized carbons (Fsp3) is 0.364. The second kappa shape index (κ2) is 7.73. The molecule has 1 heterocycles. The Labute approximate surface area is 169 Å². The quantitative estimate of drug-likeness (QED) is 0.762. The standard InChI is InChI=1S/C22H24FN3O3/c1-29-20-7-6-16(26-12-10-25(15-27)11-13-26)14-19(20)24-21(28)22(8-9-22)17-4-2-3-5-18(17)23/h2-7,14-15H,8-13H2,1H3,(H,24,28). The van der Waals surface area contributed by atoms with Crippen LogP contribution < -0.4 is 15.0 Å². The highest BCUT2D eigenvalue weighted by Crippen LogP contribution is 2.50. The molecule has 1 N–H and O–H groups in total. The Morgan fingerprint density at radius 1 is 1.14 bits per heavy atom. The molecule has 29 heavy (non-hydrogen) atoms. The molecule has 1 aliphatic heterocycles. The van der Waals surface area contributed by atoms with Crippen LogP contribution in [0.5, 0.6) is 5.75 Å². The lowest BCUT2D eigenvalue weighted by Crippen LogP contribution is -2.45. The summed E-state index contributed by atoms with van der Waals surface area (Å²) in [6.07, 6.45) is 2.11. The Bertz CT molecular complexity index is 921. The van der Waals surface area contributed by atoms with E-state index in [9.17, 15) is 14.0 Å². The Hall–Kier alpha value is -3.09. The number of ether oxygens (including phenoxy) is 1. The van der Waals surface area contributed by atoms with Crippen LogP contribution in [0.3, 0.4) is 0 Å². The number of amides is 2. The molecule has 2 amide bonds. The van der Waals surface area contributed by atoms with Crippen molar-refractivity contribution in [3.05, 3.63) is 53.8 Å².